The van der Waals surface area contributed by atoms with E-state index in [4.69, 9.17) is 9.47 Å². The number of ether oxygens (including phenoxy) is 2. The van der Waals surface area contributed by atoms with E-state index >= 15 is 0 Å². The van der Waals surface area contributed by atoms with Crippen molar-refractivity contribution in [2.75, 3.05) is 45.3 Å². The van der Waals surface area contributed by atoms with E-state index in [1.807, 2.05) is 41.3 Å². The van der Waals surface area contributed by atoms with Crippen LogP contribution >= 0.6 is 0 Å². The predicted octanol–water partition coefficient (Wildman–Crippen LogP) is 2.38. The maximum Gasteiger partial charge on any atom is 0.223 e. The van der Waals surface area contributed by atoms with E-state index in [2.05, 4.69) is 9.88 Å². The van der Waals surface area contributed by atoms with Crippen molar-refractivity contribution in [3.63, 3.8) is 0 Å². The molecule has 6 heteroatoms. The minimum atomic E-state index is 0.187. The first-order chi connectivity index (χ1) is 12.7. The number of benzene rings is 1. The number of amides is 1. The van der Waals surface area contributed by atoms with Crippen LogP contribution in [0.2, 0.25) is 0 Å². The van der Waals surface area contributed by atoms with Crippen LogP contribution in [0.15, 0.2) is 42.6 Å². The number of carbonyl (C=O) groups is 1. The summed E-state index contributed by atoms with van der Waals surface area (Å²) in [5.74, 6) is 2.65. The third-order valence-corrected chi connectivity index (χ3v) is 4.64. The molecule has 1 aromatic heterocycles. The molecular formula is C20H25N3O3. The van der Waals surface area contributed by atoms with Crippen LogP contribution in [0.5, 0.6) is 11.5 Å². The zero-order valence-corrected chi connectivity index (χ0v) is 15.4. The van der Waals surface area contributed by atoms with Crippen molar-refractivity contribution in [1.29, 1.82) is 0 Å². The molecule has 0 atom stereocenters. The molecule has 0 spiro atoms. The first-order valence-electron chi connectivity index (χ1n) is 8.85. The van der Waals surface area contributed by atoms with E-state index in [0.717, 1.165) is 49.1 Å². The Morgan fingerprint density at radius 1 is 1.04 bits per heavy atom. The van der Waals surface area contributed by atoms with Crippen molar-refractivity contribution in [2.24, 2.45) is 0 Å². The van der Waals surface area contributed by atoms with Gasteiger partial charge in [-0.2, -0.15) is 0 Å². The van der Waals surface area contributed by atoms with Crippen molar-refractivity contribution < 1.29 is 14.3 Å². The van der Waals surface area contributed by atoms with Crippen LogP contribution in [0.3, 0.4) is 0 Å². The van der Waals surface area contributed by atoms with Gasteiger partial charge in [-0.3, -0.25) is 4.79 Å². The molecule has 0 N–H and O–H groups in total. The highest BCUT2D eigenvalue weighted by Crippen LogP contribution is 2.23. The topological polar surface area (TPSA) is 54.9 Å². The average Bonchev–Trinajstić information content (AvgIpc) is 2.72. The van der Waals surface area contributed by atoms with Gasteiger partial charge in [0.1, 0.15) is 17.3 Å². The molecule has 26 heavy (non-hydrogen) atoms. The van der Waals surface area contributed by atoms with E-state index < -0.39 is 0 Å². The molecule has 2 aromatic rings. The van der Waals surface area contributed by atoms with Crippen molar-refractivity contribution in [1.82, 2.24) is 9.88 Å². The number of aromatic nitrogens is 1. The number of aryl methyl sites for hydroxylation is 1. The van der Waals surface area contributed by atoms with Crippen LogP contribution in [0.4, 0.5) is 5.82 Å². The number of pyridine rings is 1. The van der Waals surface area contributed by atoms with Crippen LogP contribution in [-0.2, 0) is 11.2 Å². The summed E-state index contributed by atoms with van der Waals surface area (Å²) in [6, 6.07) is 11.7. The van der Waals surface area contributed by atoms with E-state index in [0.29, 0.717) is 12.8 Å². The van der Waals surface area contributed by atoms with E-state index in [1.54, 1.807) is 20.4 Å². The van der Waals surface area contributed by atoms with Crippen LogP contribution in [0.25, 0.3) is 0 Å². The minimum absolute atomic E-state index is 0.187. The Labute approximate surface area is 154 Å². The molecule has 1 aliphatic heterocycles. The third kappa shape index (κ3) is 4.45. The Morgan fingerprint density at radius 2 is 1.73 bits per heavy atom. The summed E-state index contributed by atoms with van der Waals surface area (Å²) in [5.41, 5.74) is 1.04. The summed E-state index contributed by atoms with van der Waals surface area (Å²) in [4.78, 5) is 21.1. The van der Waals surface area contributed by atoms with Crippen LogP contribution in [-0.4, -0.2) is 56.2 Å². The molecule has 1 aromatic carbocycles. The van der Waals surface area contributed by atoms with Gasteiger partial charge in [-0.25, -0.2) is 4.98 Å². The van der Waals surface area contributed by atoms with Gasteiger partial charge >= 0.3 is 0 Å². The summed E-state index contributed by atoms with van der Waals surface area (Å²) < 4.78 is 10.6. The van der Waals surface area contributed by atoms with Crippen LogP contribution < -0.4 is 14.4 Å². The molecule has 3 rings (SSSR count). The zero-order valence-electron chi connectivity index (χ0n) is 15.4. The lowest BCUT2D eigenvalue weighted by atomic mass is 10.1. The Bertz CT molecular complexity index is 706. The molecular weight excluding hydrogens is 330 g/mol. The number of nitrogens with zero attached hydrogens (tertiary/aromatic N) is 3. The van der Waals surface area contributed by atoms with Gasteiger partial charge in [-0.15, -0.1) is 0 Å². The maximum absolute atomic E-state index is 12.6. The highest BCUT2D eigenvalue weighted by molar-refractivity contribution is 5.76. The summed E-state index contributed by atoms with van der Waals surface area (Å²) >= 11 is 0. The van der Waals surface area contributed by atoms with Gasteiger partial charge in [0.2, 0.25) is 5.91 Å². The number of piperazine rings is 1. The van der Waals surface area contributed by atoms with Gasteiger partial charge in [0.05, 0.1) is 14.2 Å². The second-order valence-electron chi connectivity index (χ2n) is 6.28. The molecule has 0 aliphatic carbocycles. The summed E-state index contributed by atoms with van der Waals surface area (Å²) in [6.07, 6.45) is 2.96. The normalized spacial score (nSPS) is 14.2. The molecule has 138 valence electrons. The molecule has 6 nitrogen and oxygen atoms in total. The molecule has 0 unspecified atom stereocenters. The summed E-state index contributed by atoms with van der Waals surface area (Å²) in [5, 5.41) is 0. The van der Waals surface area contributed by atoms with Crippen LogP contribution in [0, 0.1) is 0 Å². The number of anilines is 1. The largest absolute Gasteiger partial charge is 0.497 e. The molecule has 0 radical (unpaired) electrons. The fourth-order valence-electron chi connectivity index (χ4n) is 3.15. The SMILES string of the molecule is COc1cc(CCC(=O)N2CCN(c3ccccn3)CC2)cc(OC)c1. The Kier molecular flexibility index (Phi) is 5.94. The van der Waals surface area contributed by atoms with Gasteiger partial charge in [0, 0.05) is 44.9 Å². The van der Waals surface area contributed by atoms with Crippen molar-refractivity contribution in [2.45, 2.75) is 12.8 Å². The average molecular weight is 355 g/mol. The number of carbonyl (C=O) groups excluding carboxylic acids is 1. The van der Waals surface area contributed by atoms with Crippen molar-refractivity contribution >= 4 is 11.7 Å². The molecule has 1 aliphatic rings. The quantitative estimate of drug-likeness (QED) is 0.796. The minimum Gasteiger partial charge on any atom is -0.497 e. The van der Waals surface area contributed by atoms with E-state index in [-0.39, 0.29) is 5.91 Å². The van der Waals surface area contributed by atoms with Crippen molar-refractivity contribution in [3.05, 3.63) is 48.2 Å². The second-order valence-corrected chi connectivity index (χ2v) is 6.28. The fourth-order valence-corrected chi connectivity index (χ4v) is 3.15. The maximum atomic E-state index is 12.6. The smallest absolute Gasteiger partial charge is 0.223 e. The molecule has 1 saturated heterocycles. The number of rotatable bonds is 6. The van der Waals surface area contributed by atoms with Gasteiger partial charge < -0.3 is 19.3 Å². The highest BCUT2D eigenvalue weighted by Gasteiger charge is 2.21. The Morgan fingerprint density at radius 3 is 2.31 bits per heavy atom. The standard InChI is InChI=1S/C20H25N3O3/c1-25-17-13-16(14-18(15-17)26-2)6-7-20(24)23-11-9-22(10-12-23)19-5-3-4-8-21-19/h3-5,8,13-15H,6-7,9-12H2,1-2H3. The zero-order chi connectivity index (χ0) is 18.4. The molecule has 2 heterocycles. The number of hydrogen-bond donors (Lipinski definition) is 0. The lowest BCUT2D eigenvalue weighted by molar-refractivity contribution is -0.131. The number of methoxy groups -OCH3 is 2. The monoisotopic (exact) mass is 355 g/mol. The van der Waals surface area contributed by atoms with Gasteiger partial charge in [-0.05, 0) is 36.2 Å². The Balaban J connectivity index is 1.52. The first-order valence-corrected chi connectivity index (χ1v) is 8.85. The van der Waals surface area contributed by atoms with Gasteiger partial charge in [0.15, 0.2) is 0 Å². The van der Waals surface area contributed by atoms with E-state index in [9.17, 15) is 4.79 Å². The predicted molar refractivity (Wildman–Crippen MR) is 101 cm³/mol. The first kappa shape index (κ1) is 18.0. The molecule has 0 saturated carbocycles. The molecule has 1 amide bonds. The van der Waals surface area contributed by atoms with Gasteiger partial charge in [-0.1, -0.05) is 6.07 Å². The molecule has 0 bridgehead atoms. The van der Waals surface area contributed by atoms with Crippen molar-refractivity contribution in [3.8, 4) is 11.5 Å². The fraction of sp³-hybridized carbons (Fsp3) is 0.400. The Hall–Kier alpha value is -2.76. The second kappa shape index (κ2) is 8.56. The van der Waals surface area contributed by atoms with E-state index in [1.165, 1.54) is 0 Å². The van der Waals surface area contributed by atoms with Crippen LogP contribution in [0.1, 0.15) is 12.0 Å². The lowest BCUT2D eigenvalue weighted by Gasteiger charge is -2.35. The molecule has 1 fully saturated rings. The van der Waals surface area contributed by atoms with Gasteiger partial charge in [0.25, 0.3) is 0 Å². The summed E-state index contributed by atoms with van der Waals surface area (Å²) in [7, 11) is 3.26. The lowest BCUT2D eigenvalue weighted by Crippen LogP contribution is -2.49. The highest BCUT2D eigenvalue weighted by atomic mass is 16.5. The number of hydrogen-bond acceptors (Lipinski definition) is 5. The summed E-state index contributed by atoms with van der Waals surface area (Å²) in [6.45, 7) is 3.10. The third-order valence-electron chi connectivity index (χ3n) is 4.64.